The normalized spacial score (nSPS) is 18.4. The Labute approximate surface area is 74.0 Å². The maximum atomic E-state index is 3.14. The first kappa shape index (κ1) is 7.81. The summed E-state index contributed by atoms with van der Waals surface area (Å²) in [5, 5.41) is 0. The molecule has 1 aromatic carbocycles. The van der Waals surface area contributed by atoms with E-state index in [9.17, 15) is 0 Å². The van der Waals surface area contributed by atoms with E-state index in [1.807, 2.05) is 6.07 Å². The molecule has 2 rings (SSSR count). The molecule has 1 aromatic rings. The van der Waals surface area contributed by atoms with E-state index >= 15 is 0 Å². The fourth-order valence-corrected chi connectivity index (χ4v) is 1.71. The first-order valence-electron chi connectivity index (χ1n) is 4.52. The van der Waals surface area contributed by atoms with Crippen molar-refractivity contribution in [2.24, 2.45) is 0 Å². The van der Waals surface area contributed by atoms with Crippen molar-refractivity contribution in [1.82, 2.24) is 4.90 Å². The maximum absolute atomic E-state index is 3.14. The lowest BCUT2D eigenvalue weighted by Crippen LogP contribution is -2.20. The molecule has 0 unspecified atom stereocenters. The third-order valence-corrected chi connectivity index (χ3v) is 2.58. The van der Waals surface area contributed by atoms with E-state index in [1.54, 1.807) is 0 Å². The highest BCUT2D eigenvalue weighted by Crippen LogP contribution is 2.13. The van der Waals surface area contributed by atoms with Gasteiger partial charge < -0.3 is 4.90 Å². The molecule has 0 bridgehead atoms. The van der Waals surface area contributed by atoms with Crippen LogP contribution in [0.15, 0.2) is 18.2 Å². The lowest BCUT2D eigenvalue weighted by atomic mass is 10.0. The van der Waals surface area contributed by atoms with Crippen LogP contribution < -0.4 is 0 Å². The van der Waals surface area contributed by atoms with E-state index in [2.05, 4.69) is 30.1 Å². The number of rotatable bonds is 0. The van der Waals surface area contributed by atoms with Crippen LogP contribution in [0.3, 0.4) is 0 Å². The highest BCUT2D eigenvalue weighted by molar-refractivity contribution is 5.27. The summed E-state index contributed by atoms with van der Waals surface area (Å²) in [5.74, 6) is 0. The van der Waals surface area contributed by atoms with Gasteiger partial charge >= 0.3 is 0 Å². The van der Waals surface area contributed by atoms with E-state index in [0.29, 0.717) is 0 Å². The Balaban J connectivity index is 2.26. The van der Waals surface area contributed by atoms with Gasteiger partial charge in [0.25, 0.3) is 0 Å². The molecule has 0 aliphatic carbocycles. The van der Waals surface area contributed by atoms with Gasteiger partial charge in [0.05, 0.1) is 0 Å². The topological polar surface area (TPSA) is 3.24 Å². The van der Waals surface area contributed by atoms with E-state index in [4.69, 9.17) is 0 Å². The molecule has 63 valence electrons. The first-order chi connectivity index (χ1) is 5.86. The molecule has 12 heavy (non-hydrogen) atoms. The van der Waals surface area contributed by atoms with Crippen molar-refractivity contribution >= 4 is 0 Å². The Hall–Kier alpha value is -0.820. The maximum Gasteiger partial charge on any atom is 0.00190 e. The number of hydrogen-bond acceptors (Lipinski definition) is 1. The van der Waals surface area contributed by atoms with E-state index in [0.717, 1.165) is 0 Å². The summed E-state index contributed by atoms with van der Waals surface area (Å²) in [5.41, 5.74) is 3.00. The van der Waals surface area contributed by atoms with Crippen LogP contribution in [-0.2, 0) is 12.8 Å². The number of likely N-dealkylation sites (N-methyl/N-ethyl adjacent to an activating group) is 1. The predicted molar refractivity (Wildman–Crippen MR) is 50.2 cm³/mol. The van der Waals surface area contributed by atoms with Crippen LogP contribution in [0, 0.1) is 6.07 Å². The summed E-state index contributed by atoms with van der Waals surface area (Å²) in [4.78, 5) is 2.39. The predicted octanol–water partition coefficient (Wildman–Crippen LogP) is 1.52. The molecular weight excluding hydrogens is 146 g/mol. The highest BCUT2D eigenvalue weighted by atomic mass is 15.1. The fourth-order valence-electron chi connectivity index (χ4n) is 1.71. The molecule has 1 aliphatic heterocycles. The summed E-state index contributed by atoms with van der Waals surface area (Å²) in [6.45, 7) is 2.38. The van der Waals surface area contributed by atoms with Crippen LogP contribution in [-0.4, -0.2) is 25.0 Å². The Kier molecular flexibility index (Phi) is 2.13. The largest absolute Gasteiger partial charge is 0.306 e. The number of hydrogen-bond donors (Lipinski definition) is 0. The number of benzene rings is 1. The van der Waals surface area contributed by atoms with E-state index in [-0.39, 0.29) is 0 Å². The molecule has 1 heteroatoms. The molecule has 0 N–H and O–H groups in total. The average Bonchev–Trinajstić information content (AvgIpc) is 2.29. The summed E-state index contributed by atoms with van der Waals surface area (Å²) >= 11 is 0. The molecular formula is C11H14N. The molecule has 1 radical (unpaired) electrons. The Morgan fingerprint density at radius 1 is 1.25 bits per heavy atom. The minimum atomic E-state index is 1.18. The van der Waals surface area contributed by atoms with Gasteiger partial charge in [-0.25, -0.2) is 0 Å². The Bertz CT molecular complexity index is 240. The van der Waals surface area contributed by atoms with Crippen molar-refractivity contribution in [1.29, 1.82) is 0 Å². The van der Waals surface area contributed by atoms with Crippen LogP contribution >= 0.6 is 0 Å². The molecule has 0 fully saturated rings. The van der Waals surface area contributed by atoms with Gasteiger partial charge in [0, 0.05) is 13.1 Å². The molecule has 1 nitrogen and oxygen atoms in total. The molecule has 0 amide bonds. The average molecular weight is 160 g/mol. The number of nitrogens with zero attached hydrogens (tertiary/aromatic N) is 1. The zero-order chi connectivity index (χ0) is 8.39. The van der Waals surface area contributed by atoms with Gasteiger partial charge in [0.2, 0.25) is 0 Å². The first-order valence-corrected chi connectivity index (χ1v) is 4.52. The van der Waals surface area contributed by atoms with Gasteiger partial charge in [-0.2, -0.15) is 0 Å². The SMILES string of the molecule is CN1CCc2c[c]ccc2CC1. The van der Waals surface area contributed by atoms with Crippen LogP contribution in [0.2, 0.25) is 0 Å². The summed E-state index contributed by atoms with van der Waals surface area (Å²) < 4.78 is 0. The second-order valence-electron chi connectivity index (χ2n) is 3.50. The van der Waals surface area contributed by atoms with Gasteiger partial charge in [-0.15, -0.1) is 0 Å². The lowest BCUT2D eigenvalue weighted by molar-refractivity contribution is 0.352. The highest BCUT2D eigenvalue weighted by Gasteiger charge is 2.09. The number of fused-ring (bicyclic) bond motifs is 1. The third-order valence-electron chi connectivity index (χ3n) is 2.58. The van der Waals surface area contributed by atoms with Crippen LogP contribution in [0.1, 0.15) is 11.1 Å². The van der Waals surface area contributed by atoms with Gasteiger partial charge in [0.1, 0.15) is 0 Å². The van der Waals surface area contributed by atoms with Gasteiger partial charge in [-0.3, -0.25) is 0 Å². The van der Waals surface area contributed by atoms with E-state index < -0.39 is 0 Å². The fraction of sp³-hybridized carbons (Fsp3) is 0.455. The smallest absolute Gasteiger partial charge is 0.00190 e. The summed E-state index contributed by atoms with van der Waals surface area (Å²) in [6.07, 6.45) is 2.38. The molecule has 0 saturated heterocycles. The second-order valence-corrected chi connectivity index (χ2v) is 3.50. The molecule has 1 heterocycles. The van der Waals surface area contributed by atoms with E-state index in [1.165, 1.54) is 37.1 Å². The third kappa shape index (κ3) is 1.51. The van der Waals surface area contributed by atoms with Crippen molar-refractivity contribution in [3.05, 3.63) is 35.4 Å². The molecule has 0 aromatic heterocycles. The van der Waals surface area contributed by atoms with Crippen molar-refractivity contribution in [2.45, 2.75) is 12.8 Å². The minimum absolute atomic E-state index is 1.18. The monoisotopic (exact) mass is 160 g/mol. The van der Waals surface area contributed by atoms with Gasteiger partial charge in [-0.05, 0) is 37.1 Å². The Morgan fingerprint density at radius 3 is 2.83 bits per heavy atom. The molecule has 0 atom stereocenters. The van der Waals surface area contributed by atoms with Crippen LogP contribution in [0.5, 0.6) is 0 Å². The standard InChI is InChI=1S/C11H14N/c1-12-8-6-10-4-2-3-5-11(10)7-9-12/h2,4-5H,6-9H2,1H3. The Morgan fingerprint density at radius 2 is 2.00 bits per heavy atom. The summed E-state index contributed by atoms with van der Waals surface area (Å²) in [7, 11) is 2.19. The van der Waals surface area contributed by atoms with Crippen LogP contribution in [0.25, 0.3) is 0 Å². The van der Waals surface area contributed by atoms with Crippen molar-refractivity contribution in [3.63, 3.8) is 0 Å². The molecule has 0 spiro atoms. The van der Waals surface area contributed by atoms with Crippen molar-refractivity contribution in [3.8, 4) is 0 Å². The second kappa shape index (κ2) is 3.28. The minimum Gasteiger partial charge on any atom is -0.306 e. The van der Waals surface area contributed by atoms with Crippen LogP contribution in [0.4, 0.5) is 0 Å². The van der Waals surface area contributed by atoms with Crippen molar-refractivity contribution in [2.75, 3.05) is 20.1 Å². The van der Waals surface area contributed by atoms with Crippen molar-refractivity contribution < 1.29 is 0 Å². The molecule has 1 aliphatic rings. The lowest BCUT2D eigenvalue weighted by Gasteiger charge is -2.10. The summed E-state index contributed by atoms with van der Waals surface area (Å²) in [6, 6.07) is 9.50. The quantitative estimate of drug-likeness (QED) is 0.556. The zero-order valence-corrected chi connectivity index (χ0v) is 7.51. The van der Waals surface area contributed by atoms with Gasteiger partial charge in [-0.1, -0.05) is 18.2 Å². The molecule has 0 saturated carbocycles. The van der Waals surface area contributed by atoms with Gasteiger partial charge in [0.15, 0.2) is 0 Å². The zero-order valence-electron chi connectivity index (χ0n) is 7.51.